The lowest BCUT2D eigenvalue weighted by Crippen LogP contribution is -2.41. The number of Topliss-reactive ketones (excluding diaryl/α,β-unsaturated/α-hetero) is 1. The molecule has 2 aromatic carbocycles. The van der Waals surface area contributed by atoms with E-state index in [1.54, 1.807) is 13.0 Å². The number of benzene rings is 2. The van der Waals surface area contributed by atoms with Gasteiger partial charge in [0.25, 0.3) is 0 Å². The highest BCUT2D eigenvalue weighted by Crippen LogP contribution is 2.36. The molecule has 1 heterocycles. The van der Waals surface area contributed by atoms with E-state index in [0.29, 0.717) is 5.56 Å². The summed E-state index contributed by atoms with van der Waals surface area (Å²) in [5.41, 5.74) is 0.743. The van der Waals surface area contributed by atoms with Gasteiger partial charge in [0.1, 0.15) is 5.78 Å². The molecule has 0 N–H and O–H groups in total. The number of hydrogen-bond donors (Lipinski definition) is 0. The molecular weight excluding hydrogens is 404 g/mol. The van der Waals surface area contributed by atoms with Gasteiger partial charge in [0.05, 0.1) is 16.8 Å². The standard InChI is InChI=1S/C24H28BF3O3/c1-6-18-10-7-17(15-21(18)24(26,27)28)14-20(29)13-16-8-11-19(12-9-16)25-30-22(2,3)23(4,5)31-25/h7-12,15H,6,13-14H2,1-5H3. The van der Waals surface area contributed by atoms with Gasteiger partial charge < -0.3 is 9.31 Å². The van der Waals surface area contributed by atoms with Crippen LogP contribution in [0.25, 0.3) is 0 Å². The average molecular weight is 432 g/mol. The Hall–Kier alpha value is -2.12. The van der Waals surface area contributed by atoms with E-state index in [1.807, 2.05) is 52.0 Å². The van der Waals surface area contributed by atoms with Gasteiger partial charge >= 0.3 is 13.3 Å². The molecule has 1 aliphatic heterocycles. The summed E-state index contributed by atoms with van der Waals surface area (Å²) in [5.74, 6) is -0.138. The molecule has 0 amide bonds. The minimum Gasteiger partial charge on any atom is -0.399 e. The molecule has 0 aliphatic carbocycles. The number of carbonyl (C=O) groups excluding carboxylic acids is 1. The molecule has 7 heteroatoms. The number of rotatable bonds is 6. The van der Waals surface area contributed by atoms with Crippen molar-refractivity contribution in [2.24, 2.45) is 0 Å². The summed E-state index contributed by atoms with van der Waals surface area (Å²) in [6, 6.07) is 11.6. The van der Waals surface area contributed by atoms with Crippen molar-refractivity contribution in [3.05, 3.63) is 64.7 Å². The molecule has 2 aromatic rings. The second kappa shape index (κ2) is 8.43. The molecule has 0 radical (unpaired) electrons. The van der Waals surface area contributed by atoms with Gasteiger partial charge in [-0.05, 0) is 62.3 Å². The summed E-state index contributed by atoms with van der Waals surface area (Å²) in [5, 5.41) is 0. The van der Waals surface area contributed by atoms with E-state index in [-0.39, 0.29) is 30.6 Å². The van der Waals surface area contributed by atoms with Crippen LogP contribution in [0.5, 0.6) is 0 Å². The highest BCUT2D eigenvalue weighted by Gasteiger charge is 2.51. The van der Waals surface area contributed by atoms with Crippen LogP contribution in [0.2, 0.25) is 0 Å². The zero-order chi connectivity index (χ0) is 23.0. The molecule has 31 heavy (non-hydrogen) atoms. The Morgan fingerprint density at radius 1 is 0.903 bits per heavy atom. The average Bonchev–Trinajstić information content (AvgIpc) is 2.89. The van der Waals surface area contributed by atoms with Crippen LogP contribution in [0.1, 0.15) is 56.9 Å². The van der Waals surface area contributed by atoms with Crippen LogP contribution in [-0.4, -0.2) is 24.1 Å². The third-order valence-corrected chi connectivity index (χ3v) is 6.17. The molecule has 166 valence electrons. The molecule has 1 saturated heterocycles. The number of alkyl halides is 3. The van der Waals surface area contributed by atoms with Crippen LogP contribution in [0.15, 0.2) is 42.5 Å². The topological polar surface area (TPSA) is 35.5 Å². The largest absolute Gasteiger partial charge is 0.494 e. The Morgan fingerprint density at radius 2 is 1.42 bits per heavy atom. The van der Waals surface area contributed by atoms with Crippen molar-refractivity contribution in [2.45, 2.75) is 71.3 Å². The van der Waals surface area contributed by atoms with Crippen molar-refractivity contribution in [3.8, 4) is 0 Å². The van der Waals surface area contributed by atoms with Crippen LogP contribution in [-0.2, 0) is 39.5 Å². The smallest absolute Gasteiger partial charge is 0.399 e. The number of carbonyl (C=O) groups is 1. The predicted octanol–water partition coefficient (Wildman–Crippen LogP) is 4.92. The fourth-order valence-corrected chi connectivity index (χ4v) is 3.60. The van der Waals surface area contributed by atoms with E-state index >= 15 is 0 Å². The second-order valence-electron chi connectivity index (χ2n) is 9.06. The second-order valence-corrected chi connectivity index (χ2v) is 9.06. The zero-order valence-electron chi connectivity index (χ0n) is 18.6. The normalized spacial score (nSPS) is 17.7. The molecule has 3 nitrogen and oxygen atoms in total. The van der Waals surface area contributed by atoms with Crippen LogP contribution in [0.4, 0.5) is 13.2 Å². The van der Waals surface area contributed by atoms with Crippen molar-refractivity contribution < 1.29 is 27.3 Å². The highest BCUT2D eigenvalue weighted by atomic mass is 19.4. The molecule has 1 fully saturated rings. The summed E-state index contributed by atoms with van der Waals surface area (Å²) in [7, 11) is -0.479. The molecule has 3 rings (SSSR count). The number of halogens is 3. The molecule has 0 atom stereocenters. The lowest BCUT2D eigenvalue weighted by Gasteiger charge is -2.32. The van der Waals surface area contributed by atoms with E-state index in [2.05, 4.69) is 0 Å². The zero-order valence-corrected chi connectivity index (χ0v) is 18.6. The van der Waals surface area contributed by atoms with Gasteiger partial charge in [0, 0.05) is 12.8 Å². The SMILES string of the molecule is CCc1ccc(CC(=O)Cc2ccc(B3OC(C)(C)C(C)(C)O3)cc2)cc1C(F)(F)F. The predicted molar refractivity (Wildman–Crippen MR) is 115 cm³/mol. The van der Waals surface area contributed by atoms with Crippen molar-refractivity contribution in [1.29, 1.82) is 0 Å². The van der Waals surface area contributed by atoms with Crippen molar-refractivity contribution in [2.75, 3.05) is 0 Å². The molecule has 1 aliphatic rings. The quantitative estimate of drug-likeness (QED) is 0.608. The first-order valence-corrected chi connectivity index (χ1v) is 10.5. The molecule has 0 saturated carbocycles. The van der Waals surface area contributed by atoms with E-state index in [1.165, 1.54) is 6.07 Å². The first-order valence-electron chi connectivity index (χ1n) is 10.5. The van der Waals surface area contributed by atoms with Crippen LogP contribution >= 0.6 is 0 Å². The number of aryl methyl sites for hydroxylation is 1. The molecular formula is C24H28BF3O3. The first-order chi connectivity index (χ1) is 14.3. The Bertz CT molecular complexity index is 934. The minimum atomic E-state index is -4.42. The fraction of sp³-hybridized carbons (Fsp3) is 0.458. The third-order valence-electron chi connectivity index (χ3n) is 6.17. The third kappa shape index (κ3) is 5.21. The lowest BCUT2D eigenvalue weighted by atomic mass is 9.78. The monoisotopic (exact) mass is 432 g/mol. The Labute approximate surface area is 182 Å². The number of hydrogen-bond acceptors (Lipinski definition) is 3. The maximum Gasteiger partial charge on any atom is 0.494 e. The van der Waals surface area contributed by atoms with Crippen LogP contribution < -0.4 is 5.46 Å². The summed E-state index contributed by atoms with van der Waals surface area (Å²) in [4.78, 5) is 12.5. The first kappa shape index (κ1) is 23.5. The molecule has 0 unspecified atom stereocenters. The fourth-order valence-electron chi connectivity index (χ4n) is 3.60. The lowest BCUT2D eigenvalue weighted by molar-refractivity contribution is -0.138. The van der Waals surface area contributed by atoms with Gasteiger partial charge in [-0.1, -0.05) is 43.3 Å². The van der Waals surface area contributed by atoms with Crippen molar-refractivity contribution in [1.82, 2.24) is 0 Å². The molecule has 0 bridgehead atoms. The van der Waals surface area contributed by atoms with Gasteiger partial charge in [-0.15, -0.1) is 0 Å². The highest BCUT2D eigenvalue weighted by molar-refractivity contribution is 6.62. The van der Waals surface area contributed by atoms with Crippen LogP contribution in [0.3, 0.4) is 0 Å². The summed E-state index contributed by atoms with van der Waals surface area (Å²) in [6.07, 6.45) is -4.02. The Morgan fingerprint density at radius 3 is 1.94 bits per heavy atom. The van der Waals surface area contributed by atoms with E-state index in [4.69, 9.17) is 9.31 Å². The summed E-state index contributed by atoms with van der Waals surface area (Å²) < 4.78 is 51.8. The summed E-state index contributed by atoms with van der Waals surface area (Å²) in [6.45, 7) is 9.62. The number of ketones is 1. The van der Waals surface area contributed by atoms with Crippen molar-refractivity contribution >= 4 is 18.4 Å². The molecule has 0 aromatic heterocycles. The van der Waals surface area contributed by atoms with Crippen LogP contribution in [0, 0.1) is 0 Å². The van der Waals surface area contributed by atoms with E-state index < -0.39 is 30.1 Å². The maximum atomic E-state index is 13.3. The maximum absolute atomic E-state index is 13.3. The van der Waals surface area contributed by atoms with Gasteiger partial charge in [-0.2, -0.15) is 13.2 Å². The Kier molecular flexibility index (Phi) is 6.41. The Balaban J connectivity index is 1.66. The van der Waals surface area contributed by atoms with E-state index in [9.17, 15) is 18.0 Å². The van der Waals surface area contributed by atoms with E-state index in [0.717, 1.165) is 17.1 Å². The van der Waals surface area contributed by atoms with Gasteiger partial charge in [0.15, 0.2) is 0 Å². The minimum absolute atomic E-state index is 0.0357. The van der Waals surface area contributed by atoms with Gasteiger partial charge in [-0.3, -0.25) is 4.79 Å². The molecule has 0 spiro atoms. The summed E-state index contributed by atoms with van der Waals surface area (Å²) >= 11 is 0. The van der Waals surface area contributed by atoms with Gasteiger partial charge in [-0.25, -0.2) is 0 Å². The van der Waals surface area contributed by atoms with Crippen molar-refractivity contribution in [3.63, 3.8) is 0 Å². The van der Waals surface area contributed by atoms with Gasteiger partial charge in [0.2, 0.25) is 0 Å².